The number of hydrogen-bond acceptors (Lipinski definition) is 3. The normalized spacial score (nSPS) is 31.4. The molecule has 2 unspecified atom stereocenters. The van der Waals surface area contributed by atoms with E-state index in [2.05, 4.69) is 13.8 Å². The van der Waals surface area contributed by atoms with Gasteiger partial charge in [-0.3, -0.25) is 4.90 Å². The van der Waals surface area contributed by atoms with E-state index in [-0.39, 0.29) is 11.6 Å². The van der Waals surface area contributed by atoms with E-state index >= 15 is 0 Å². The highest BCUT2D eigenvalue weighted by Gasteiger charge is 2.52. The van der Waals surface area contributed by atoms with Crippen molar-refractivity contribution in [1.29, 1.82) is 0 Å². The summed E-state index contributed by atoms with van der Waals surface area (Å²) >= 11 is 0. The van der Waals surface area contributed by atoms with Crippen molar-refractivity contribution < 1.29 is 14.3 Å². The summed E-state index contributed by atoms with van der Waals surface area (Å²) < 4.78 is 5.53. The highest BCUT2D eigenvalue weighted by Crippen LogP contribution is 2.45. The lowest BCUT2D eigenvalue weighted by Gasteiger charge is -2.43. The molecule has 1 aliphatic rings. The molecule has 1 amide bonds. The van der Waals surface area contributed by atoms with E-state index in [1.807, 2.05) is 27.7 Å². The van der Waals surface area contributed by atoms with Gasteiger partial charge < -0.3 is 9.53 Å². The van der Waals surface area contributed by atoms with Gasteiger partial charge in [-0.05, 0) is 53.9 Å². The lowest BCUT2D eigenvalue weighted by Crippen LogP contribution is -2.55. The molecule has 4 nitrogen and oxygen atoms in total. The lowest BCUT2D eigenvalue weighted by molar-refractivity contribution is -0.110. The van der Waals surface area contributed by atoms with Crippen molar-refractivity contribution in [2.24, 2.45) is 0 Å². The molecule has 0 aromatic carbocycles. The summed E-state index contributed by atoms with van der Waals surface area (Å²) in [4.78, 5) is 25.3. The third-order valence-corrected chi connectivity index (χ3v) is 4.14. The minimum absolute atomic E-state index is 0.222. The maximum absolute atomic E-state index is 12.5. The third-order valence-electron chi connectivity index (χ3n) is 4.14. The number of hydrogen-bond donors (Lipinski definition) is 0. The number of carbonyl (C=O) groups is 2. The van der Waals surface area contributed by atoms with Crippen molar-refractivity contribution in [2.45, 2.75) is 83.9 Å². The van der Waals surface area contributed by atoms with Crippen molar-refractivity contribution in [2.75, 3.05) is 0 Å². The summed E-state index contributed by atoms with van der Waals surface area (Å²) in [5.74, 6) is 0. The summed E-state index contributed by atoms with van der Waals surface area (Å²) in [5, 5.41) is 0. The van der Waals surface area contributed by atoms with Gasteiger partial charge in [0.15, 0.2) is 0 Å². The Kier molecular flexibility index (Phi) is 4.33. The first-order valence-electron chi connectivity index (χ1n) is 7.05. The first-order valence-corrected chi connectivity index (χ1v) is 7.05. The van der Waals surface area contributed by atoms with Crippen LogP contribution >= 0.6 is 0 Å². The van der Waals surface area contributed by atoms with E-state index in [1.54, 1.807) is 4.90 Å². The minimum atomic E-state index is -0.517. The van der Waals surface area contributed by atoms with Gasteiger partial charge in [-0.25, -0.2) is 4.79 Å². The molecule has 0 radical (unpaired) electrons. The molecule has 1 saturated heterocycles. The quantitative estimate of drug-likeness (QED) is 0.736. The summed E-state index contributed by atoms with van der Waals surface area (Å²) in [7, 11) is 0. The Labute approximate surface area is 116 Å². The third kappa shape index (κ3) is 3.28. The number of rotatable bonds is 3. The average molecular weight is 269 g/mol. The zero-order valence-electron chi connectivity index (χ0n) is 13.1. The van der Waals surface area contributed by atoms with E-state index in [0.29, 0.717) is 6.42 Å². The second-order valence-electron chi connectivity index (χ2n) is 7.03. The van der Waals surface area contributed by atoms with E-state index in [1.165, 1.54) is 0 Å². The SMILES string of the molecule is CCC1(C)CCC(C)(CC=O)N1C(=O)OC(C)(C)C. The van der Waals surface area contributed by atoms with Crippen LogP contribution in [0.1, 0.15) is 67.2 Å². The van der Waals surface area contributed by atoms with Gasteiger partial charge in [0, 0.05) is 12.0 Å². The van der Waals surface area contributed by atoms with Crippen LogP contribution in [0.5, 0.6) is 0 Å². The number of likely N-dealkylation sites (tertiary alicyclic amines) is 1. The maximum Gasteiger partial charge on any atom is 0.411 e. The highest BCUT2D eigenvalue weighted by molar-refractivity contribution is 5.72. The van der Waals surface area contributed by atoms with Crippen molar-refractivity contribution in [3.8, 4) is 0 Å². The molecule has 0 aromatic heterocycles. The van der Waals surface area contributed by atoms with Crippen LogP contribution in [-0.4, -0.2) is 34.0 Å². The van der Waals surface area contributed by atoms with Crippen molar-refractivity contribution >= 4 is 12.4 Å². The molecule has 1 rings (SSSR count). The Morgan fingerprint density at radius 1 is 1.26 bits per heavy atom. The van der Waals surface area contributed by atoms with Crippen LogP contribution in [0.4, 0.5) is 4.79 Å². The van der Waals surface area contributed by atoms with Crippen molar-refractivity contribution in [1.82, 2.24) is 4.90 Å². The molecule has 0 aromatic rings. The predicted molar refractivity (Wildman–Crippen MR) is 75.1 cm³/mol. The lowest BCUT2D eigenvalue weighted by atomic mass is 9.95. The molecule has 110 valence electrons. The molecule has 0 N–H and O–H groups in total. The second-order valence-corrected chi connectivity index (χ2v) is 7.03. The fourth-order valence-electron chi connectivity index (χ4n) is 2.87. The first kappa shape index (κ1) is 16.0. The molecule has 2 atom stereocenters. The van der Waals surface area contributed by atoms with Gasteiger partial charge >= 0.3 is 6.09 Å². The van der Waals surface area contributed by atoms with Crippen LogP contribution in [0.25, 0.3) is 0 Å². The van der Waals surface area contributed by atoms with Crippen molar-refractivity contribution in [3.63, 3.8) is 0 Å². The Bertz CT molecular complexity index is 361. The van der Waals surface area contributed by atoms with E-state index < -0.39 is 11.1 Å². The molecular formula is C15H27NO3. The number of amides is 1. The molecule has 4 heteroatoms. The summed E-state index contributed by atoms with van der Waals surface area (Å²) in [6.45, 7) is 11.7. The maximum atomic E-state index is 12.5. The average Bonchev–Trinajstić information content (AvgIpc) is 2.50. The Morgan fingerprint density at radius 3 is 2.21 bits per heavy atom. The van der Waals surface area contributed by atoms with Gasteiger partial charge in [0.05, 0.1) is 5.54 Å². The van der Waals surface area contributed by atoms with Gasteiger partial charge in [-0.1, -0.05) is 6.92 Å². The molecule has 0 bridgehead atoms. The van der Waals surface area contributed by atoms with Crippen LogP contribution in [0.15, 0.2) is 0 Å². The summed E-state index contributed by atoms with van der Waals surface area (Å²) in [6, 6.07) is 0. The zero-order valence-corrected chi connectivity index (χ0v) is 13.1. The van der Waals surface area contributed by atoms with E-state index in [4.69, 9.17) is 4.74 Å². The van der Waals surface area contributed by atoms with Gasteiger partial charge in [-0.15, -0.1) is 0 Å². The van der Waals surface area contributed by atoms with Crippen LogP contribution in [0.2, 0.25) is 0 Å². The van der Waals surface area contributed by atoms with Crippen LogP contribution in [0.3, 0.4) is 0 Å². The monoisotopic (exact) mass is 269 g/mol. The van der Waals surface area contributed by atoms with Crippen LogP contribution < -0.4 is 0 Å². The van der Waals surface area contributed by atoms with E-state index in [9.17, 15) is 9.59 Å². The predicted octanol–water partition coefficient (Wildman–Crippen LogP) is 3.53. The Hall–Kier alpha value is -1.06. The van der Waals surface area contributed by atoms with E-state index in [0.717, 1.165) is 25.5 Å². The van der Waals surface area contributed by atoms with Gasteiger partial charge in [0.1, 0.15) is 11.9 Å². The molecular weight excluding hydrogens is 242 g/mol. The smallest absolute Gasteiger partial charge is 0.411 e. The molecule has 19 heavy (non-hydrogen) atoms. The van der Waals surface area contributed by atoms with Crippen LogP contribution in [-0.2, 0) is 9.53 Å². The first-order chi connectivity index (χ1) is 8.58. The number of nitrogens with zero attached hydrogens (tertiary/aromatic N) is 1. The second kappa shape index (κ2) is 5.14. The fraction of sp³-hybridized carbons (Fsp3) is 0.867. The molecule has 1 heterocycles. The summed E-state index contributed by atoms with van der Waals surface area (Å²) in [6.07, 6.45) is 3.57. The fourth-order valence-corrected chi connectivity index (χ4v) is 2.87. The van der Waals surface area contributed by atoms with Gasteiger partial charge in [0.2, 0.25) is 0 Å². The molecule has 1 aliphatic heterocycles. The molecule has 1 fully saturated rings. The van der Waals surface area contributed by atoms with Gasteiger partial charge in [0.25, 0.3) is 0 Å². The Balaban J connectivity index is 3.06. The number of aldehydes is 1. The number of carbonyl (C=O) groups excluding carboxylic acids is 2. The minimum Gasteiger partial charge on any atom is -0.444 e. The topological polar surface area (TPSA) is 46.6 Å². The molecule has 0 aliphatic carbocycles. The largest absolute Gasteiger partial charge is 0.444 e. The standard InChI is InChI=1S/C15H27NO3/c1-7-14(5)8-9-15(6,10-11-17)16(14)12(18)19-13(2,3)4/h11H,7-10H2,1-6H3. The van der Waals surface area contributed by atoms with Crippen molar-refractivity contribution in [3.05, 3.63) is 0 Å². The summed E-state index contributed by atoms with van der Waals surface area (Å²) in [5.41, 5.74) is -1.16. The molecule has 0 saturated carbocycles. The number of ether oxygens (including phenoxy) is 1. The molecule has 0 spiro atoms. The highest BCUT2D eigenvalue weighted by atomic mass is 16.6. The Morgan fingerprint density at radius 2 is 1.79 bits per heavy atom. The zero-order chi connectivity index (χ0) is 14.9. The van der Waals surface area contributed by atoms with Gasteiger partial charge in [-0.2, -0.15) is 0 Å². The van der Waals surface area contributed by atoms with Crippen LogP contribution in [0, 0.1) is 0 Å².